The van der Waals surface area contributed by atoms with Crippen molar-refractivity contribution in [1.82, 2.24) is 9.80 Å². The van der Waals surface area contributed by atoms with E-state index in [4.69, 9.17) is 0 Å². The lowest BCUT2D eigenvalue weighted by Crippen LogP contribution is -2.47. The van der Waals surface area contributed by atoms with Crippen molar-refractivity contribution in [3.05, 3.63) is 35.9 Å². The van der Waals surface area contributed by atoms with Gasteiger partial charge in [-0.25, -0.2) is 0 Å². The summed E-state index contributed by atoms with van der Waals surface area (Å²) in [6.45, 7) is 5.76. The quantitative estimate of drug-likeness (QED) is 0.861. The molecular formula is C18H28N2O2. The molecule has 1 atom stereocenters. The van der Waals surface area contributed by atoms with Crippen molar-refractivity contribution in [3.63, 3.8) is 0 Å². The Morgan fingerprint density at radius 2 is 1.77 bits per heavy atom. The molecule has 0 bridgehead atoms. The molecule has 2 aliphatic heterocycles. The molecule has 0 radical (unpaired) electrons. The lowest BCUT2D eigenvalue weighted by Gasteiger charge is -2.36. The van der Waals surface area contributed by atoms with Gasteiger partial charge >= 0.3 is 0 Å². The Morgan fingerprint density at radius 1 is 1.05 bits per heavy atom. The van der Waals surface area contributed by atoms with Crippen LogP contribution in [0.1, 0.15) is 24.8 Å². The summed E-state index contributed by atoms with van der Waals surface area (Å²) in [5.41, 5.74) is 0.747. The van der Waals surface area contributed by atoms with Gasteiger partial charge in [-0.3, -0.25) is 4.90 Å². The topological polar surface area (TPSA) is 46.9 Å². The zero-order valence-electron chi connectivity index (χ0n) is 13.3. The molecule has 3 rings (SSSR count). The van der Waals surface area contributed by atoms with Gasteiger partial charge in [-0.1, -0.05) is 30.3 Å². The first kappa shape index (κ1) is 15.9. The van der Waals surface area contributed by atoms with Crippen molar-refractivity contribution in [3.8, 4) is 0 Å². The van der Waals surface area contributed by atoms with Crippen LogP contribution in [0.15, 0.2) is 30.3 Å². The maximum atomic E-state index is 10.9. The van der Waals surface area contributed by atoms with Crippen LogP contribution in [-0.4, -0.2) is 64.9 Å². The van der Waals surface area contributed by atoms with Crippen LogP contribution in [0.4, 0.5) is 0 Å². The van der Waals surface area contributed by atoms with Crippen molar-refractivity contribution in [2.75, 3.05) is 39.3 Å². The standard InChI is InChI=1S/C18H28N2O2/c21-13-17-6-9-19(10-7-17)14-18(22)8-11-20(15-18)12-16-4-2-1-3-5-16/h1-5,17,21-22H,6-15H2. The van der Waals surface area contributed by atoms with E-state index in [1.165, 1.54) is 5.56 Å². The fourth-order valence-electron chi connectivity index (χ4n) is 3.79. The molecule has 0 aromatic heterocycles. The normalized spacial score (nSPS) is 28.3. The van der Waals surface area contributed by atoms with Crippen LogP contribution < -0.4 is 0 Å². The number of hydrogen-bond donors (Lipinski definition) is 2. The van der Waals surface area contributed by atoms with Gasteiger partial charge < -0.3 is 15.1 Å². The molecule has 1 aromatic carbocycles. The van der Waals surface area contributed by atoms with Gasteiger partial charge in [0.1, 0.15) is 0 Å². The molecule has 122 valence electrons. The van der Waals surface area contributed by atoms with Crippen molar-refractivity contribution < 1.29 is 10.2 Å². The summed E-state index contributed by atoms with van der Waals surface area (Å²) in [5, 5.41) is 20.1. The molecule has 0 saturated carbocycles. The minimum atomic E-state index is -0.569. The highest BCUT2D eigenvalue weighted by atomic mass is 16.3. The van der Waals surface area contributed by atoms with E-state index in [9.17, 15) is 10.2 Å². The number of aliphatic hydroxyl groups is 2. The predicted octanol–water partition coefficient (Wildman–Crippen LogP) is 1.33. The van der Waals surface area contributed by atoms with Crippen molar-refractivity contribution in [1.29, 1.82) is 0 Å². The van der Waals surface area contributed by atoms with E-state index in [-0.39, 0.29) is 0 Å². The molecule has 4 heteroatoms. The maximum Gasteiger partial charge on any atom is 0.0912 e. The molecule has 2 heterocycles. The maximum absolute atomic E-state index is 10.9. The molecule has 0 amide bonds. The number of hydrogen-bond acceptors (Lipinski definition) is 4. The summed E-state index contributed by atoms with van der Waals surface area (Å²) >= 11 is 0. The predicted molar refractivity (Wildman–Crippen MR) is 87.5 cm³/mol. The molecule has 2 fully saturated rings. The van der Waals surface area contributed by atoms with E-state index in [2.05, 4.69) is 34.1 Å². The van der Waals surface area contributed by atoms with E-state index in [0.29, 0.717) is 12.5 Å². The minimum Gasteiger partial charge on any atom is -0.396 e. The van der Waals surface area contributed by atoms with E-state index in [1.807, 2.05) is 6.07 Å². The molecule has 2 N–H and O–H groups in total. The van der Waals surface area contributed by atoms with Crippen LogP contribution in [0.5, 0.6) is 0 Å². The van der Waals surface area contributed by atoms with E-state index in [0.717, 1.165) is 58.5 Å². The van der Waals surface area contributed by atoms with Gasteiger partial charge in [0, 0.05) is 32.8 Å². The molecule has 0 spiro atoms. The Kier molecular flexibility index (Phi) is 5.14. The van der Waals surface area contributed by atoms with Crippen LogP contribution in [-0.2, 0) is 6.54 Å². The van der Waals surface area contributed by atoms with Crippen molar-refractivity contribution >= 4 is 0 Å². The average molecular weight is 304 g/mol. The van der Waals surface area contributed by atoms with Gasteiger partial charge in [-0.15, -0.1) is 0 Å². The average Bonchev–Trinajstić information content (AvgIpc) is 2.90. The van der Waals surface area contributed by atoms with Gasteiger partial charge in [-0.05, 0) is 43.8 Å². The fourth-order valence-corrected chi connectivity index (χ4v) is 3.79. The summed E-state index contributed by atoms with van der Waals surface area (Å²) in [4.78, 5) is 4.73. The third-order valence-electron chi connectivity index (χ3n) is 5.14. The van der Waals surface area contributed by atoms with E-state index >= 15 is 0 Å². The van der Waals surface area contributed by atoms with Crippen LogP contribution in [0.3, 0.4) is 0 Å². The first-order valence-corrected chi connectivity index (χ1v) is 8.49. The number of aliphatic hydroxyl groups excluding tert-OH is 1. The van der Waals surface area contributed by atoms with Crippen LogP contribution >= 0.6 is 0 Å². The smallest absolute Gasteiger partial charge is 0.0912 e. The SMILES string of the molecule is OCC1CCN(CC2(O)CCN(Cc3ccccc3)C2)CC1. The minimum absolute atomic E-state index is 0.308. The number of nitrogens with zero attached hydrogens (tertiary/aromatic N) is 2. The second-order valence-corrected chi connectivity index (χ2v) is 7.07. The number of piperidine rings is 1. The van der Waals surface area contributed by atoms with Gasteiger partial charge in [0.2, 0.25) is 0 Å². The third-order valence-corrected chi connectivity index (χ3v) is 5.14. The zero-order chi connectivity index (χ0) is 15.4. The molecule has 1 aromatic rings. The Morgan fingerprint density at radius 3 is 2.45 bits per heavy atom. The molecule has 0 aliphatic carbocycles. The highest BCUT2D eigenvalue weighted by Crippen LogP contribution is 2.26. The van der Waals surface area contributed by atoms with Gasteiger partial charge in [0.25, 0.3) is 0 Å². The van der Waals surface area contributed by atoms with Gasteiger partial charge in [-0.2, -0.15) is 0 Å². The van der Waals surface area contributed by atoms with E-state index < -0.39 is 5.60 Å². The van der Waals surface area contributed by atoms with Crippen LogP contribution in [0.2, 0.25) is 0 Å². The number of benzene rings is 1. The number of likely N-dealkylation sites (tertiary alicyclic amines) is 2. The second-order valence-electron chi connectivity index (χ2n) is 7.07. The highest BCUT2D eigenvalue weighted by molar-refractivity contribution is 5.15. The Labute approximate surface area is 133 Å². The zero-order valence-corrected chi connectivity index (χ0v) is 13.3. The molecule has 4 nitrogen and oxygen atoms in total. The highest BCUT2D eigenvalue weighted by Gasteiger charge is 2.38. The van der Waals surface area contributed by atoms with Crippen LogP contribution in [0.25, 0.3) is 0 Å². The number of rotatable bonds is 5. The van der Waals surface area contributed by atoms with E-state index in [1.54, 1.807) is 0 Å². The summed E-state index contributed by atoms with van der Waals surface area (Å²) in [5.74, 6) is 0.462. The Hall–Kier alpha value is -0.940. The lowest BCUT2D eigenvalue weighted by molar-refractivity contribution is -0.000786. The first-order valence-electron chi connectivity index (χ1n) is 8.49. The van der Waals surface area contributed by atoms with Crippen molar-refractivity contribution in [2.45, 2.75) is 31.4 Å². The summed E-state index contributed by atoms with van der Waals surface area (Å²) in [6.07, 6.45) is 2.97. The summed E-state index contributed by atoms with van der Waals surface area (Å²) in [6, 6.07) is 10.5. The van der Waals surface area contributed by atoms with Gasteiger partial charge in [0.05, 0.1) is 5.60 Å². The summed E-state index contributed by atoms with van der Waals surface area (Å²) in [7, 11) is 0. The molecule has 1 unspecified atom stereocenters. The second kappa shape index (κ2) is 7.09. The largest absolute Gasteiger partial charge is 0.396 e. The number of β-amino-alcohol motifs (C(OH)–C–C–N with tert-alkyl or cyclic N) is 1. The molecular weight excluding hydrogens is 276 g/mol. The van der Waals surface area contributed by atoms with Gasteiger partial charge in [0.15, 0.2) is 0 Å². The first-order chi connectivity index (χ1) is 10.7. The fraction of sp³-hybridized carbons (Fsp3) is 0.667. The molecule has 2 aliphatic rings. The third kappa shape index (κ3) is 4.07. The van der Waals surface area contributed by atoms with Crippen LogP contribution in [0, 0.1) is 5.92 Å². The molecule has 22 heavy (non-hydrogen) atoms. The monoisotopic (exact) mass is 304 g/mol. The lowest BCUT2D eigenvalue weighted by atomic mass is 9.95. The Balaban J connectivity index is 1.48. The van der Waals surface area contributed by atoms with Crippen molar-refractivity contribution in [2.24, 2.45) is 5.92 Å². The Bertz CT molecular complexity index is 459. The summed E-state index contributed by atoms with van der Waals surface area (Å²) < 4.78 is 0. The molecule has 2 saturated heterocycles.